The normalized spacial score (nSPS) is 23.0. The van der Waals surface area contributed by atoms with Crippen LogP contribution in [0.5, 0.6) is 11.5 Å². The first-order chi connectivity index (χ1) is 14.0. The molecule has 4 rings (SSSR count). The number of carbonyl (C=O) groups is 2. The van der Waals surface area contributed by atoms with Gasteiger partial charge in [-0.1, -0.05) is 18.2 Å². The minimum Gasteiger partial charge on any atom is -0.457 e. The van der Waals surface area contributed by atoms with Gasteiger partial charge >= 0.3 is 0 Å². The lowest BCUT2D eigenvalue weighted by atomic mass is 9.91. The Labute approximate surface area is 170 Å². The van der Waals surface area contributed by atoms with E-state index in [0.717, 1.165) is 17.7 Å². The third-order valence-electron chi connectivity index (χ3n) is 5.83. The summed E-state index contributed by atoms with van der Waals surface area (Å²) in [5, 5.41) is 2.87. The van der Waals surface area contributed by atoms with Crippen molar-refractivity contribution >= 4 is 11.8 Å². The molecule has 2 atom stereocenters. The lowest BCUT2D eigenvalue weighted by Gasteiger charge is -2.28. The maximum absolute atomic E-state index is 13.2. The molecule has 0 saturated carbocycles. The quantitative estimate of drug-likeness (QED) is 0.846. The summed E-state index contributed by atoms with van der Waals surface area (Å²) in [5.74, 6) is 1.63. The number of benzene rings is 2. The van der Waals surface area contributed by atoms with Crippen LogP contribution in [0, 0.1) is 12.8 Å². The van der Waals surface area contributed by atoms with Crippen molar-refractivity contribution in [3.8, 4) is 11.5 Å². The molecule has 2 aromatic carbocycles. The number of hydrogen-bond donors (Lipinski definition) is 1. The summed E-state index contributed by atoms with van der Waals surface area (Å²) < 4.78 is 11.9. The van der Waals surface area contributed by atoms with Crippen LogP contribution >= 0.6 is 0 Å². The Morgan fingerprint density at radius 2 is 2.00 bits per heavy atom. The van der Waals surface area contributed by atoms with Gasteiger partial charge in [-0.05, 0) is 49.2 Å². The second kappa shape index (κ2) is 7.87. The van der Waals surface area contributed by atoms with Crippen LogP contribution in [-0.4, -0.2) is 48.6 Å². The largest absolute Gasteiger partial charge is 0.457 e. The van der Waals surface area contributed by atoms with Gasteiger partial charge in [-0.2, -0.15) is 0 Å². The SMILES string of the molecule is CC(=O)NC[C@]12CN(C(=O)c3ccc(Oc4ccccc4)cc3C)C[C@H]1CCO2. The van der Waals surface area contributed by atoms with E-state index in [4.69, 9.17) is 9.47 Å². The molecular formula is C23H26N2O4. The highest BCUT2D eigenvalue weighted by atomic mass is 16.5. The molecule has 0 bridgehead atoms. The number of nitrogens with one attached hydrogen (secondary N) is 1. The highest BCUT2D eigenvalue weighted by molar-refractivity contribution is 5.96. The molecule has 2 aliphatic rings. The van der Waals surface area contributed by atoms with E-state index in [1.807, 2.05) is 60.4 Å². The van der Waals surface area contributed by atoms with Gasteiger partial charge in [0.1, 0.15) is 17.1 Å². The molecule has 2 fully saturated rings. The van der Waals surface area contributed by atoms with Gasteiger partial charge in [0.15, 0.2) is 0 Å². The second-order valence-electron chi connectivity index (χ2n) is 7.89. The highest BCUT2D eigenvalue weighted by Gasteiger charge is 2.52. The number of carbonyl (C=O) groups excluding carboxylic acids is 2. The van der Waals surface area contributed by atoms with Gasteiger partial charge in [0.05, 0.1) is 6.54 Å². The van der Waals surface area contributed by atoms with Crippen molar-refractivity contribution in [2.75, 3.05) is 26.2 Å². The van der Waals surface area contributed by atoms with E-state index in [9.17, 15) is 9.59 Å². The van der Waals surface area contributed by atoms with E-state index >= 15 is 0 Å². The van der Waals surface area contributed by atoms with E-state index in [1.54, 1.807) is 0 Å². The average Bonchev–Trinajstić information content (AvgIpc) is 3.24. The first kappa shape index (κ1) is 19.5. The summed E-state index contributed by atoms with van der Waals surface area (Å²) in [6.45, 7) is 5.70. The third kappa shape index (κ3) is 3.98. The standard InChI is InChI=1S/C23H26N2O4/c1-16-12-20(29-19-6-4-3-5-7-19)8-9-21(16)22(27)25-13-18-10-11-28-23(18,15-25)14-24-17(2)26/h3-9,12,18H,10-11,13-15H2,1-2H3,(H,24,26)/t18-,23+/m1/s1. The number of nitrogens with zero attached hydrogens (tertiary/aromatic N) is 1. The Kier molecular flexibility index (Phi) is 5.28. The predicted octanol–water partition coefficient (Wildman–Crippen LogP) is 3.15. The molecule has 29 heavy (non-hydrogen) atoms. The molecule has 0 radical (unpaired) electrons. The van der Waals surface area contributed by atoms with E-state index in [0.29, 0.717) is 37.6 Å². The van der Waals surface area contributed by atoms with Crippen LogP contribution in [0.1, 0.15) is 29.3 Å². The monoisotopic (exact) mass is 394 g/mol. The fourth-order valence-corrected chi connectivity index (χ4v) is 4.29. The summed E-state index contributed by atoms with van der Waals surface area (Å²) in [7, 11) is 0. The van der Waals surface area contributed by atoms with E-state index in [2.05, 4.69) is 5.32 Å². The fourth-order valence-electron chi connectivity index (χ4n) is 4.29. The van der Waals surface area contributed by atoms with Crippen LogP contribution in [0.4, 0.5) is 0 Å². The van der Waals surface area contributed by atoms with E-state index in [-0.39, 0.29) is 17.7 Å². The molecule has 0 aliphatic carbocycles. The minimum absolute atomic E-state index is 0.00559. The number of fused-ring (bicyclic) bond motifs is 1. The topological polar surface area (TPSA) is 67.9 Å². The third-order valence-corrected chi connectivity index (χ3v) is 5.83. The van der Waals surface area contributed by atoms with Crippen molar-refractivity contribution in [3.63, 3.8) is 0 Å². The zero-order chi connectivity index (χ0) is 20.4. The van der Waals surface area contributed by atoms with Crippen LogP contribution in [-0.2, 0) is 9.53 Å². The number of hydrogen-bond acceptors (Lipinski definition) is 4. The Morgan fingerprint density at radius 1 is 1.21 bits per heavy atom. The summed E-state index contributed by atoms with van der Waals surface area (Å²) >= 11 is 0. The zero-order valence-corrected chi connectivity index (χ0v) is 16.8. The molecular weight excluding hydrogens is 368 g/mol. The molecule has 0 unspecified atom stereocenters. The lowest BCUT2D eigenvalue weighted by Crippen LogP contribution is -2.48. The number of rotatable bonds is 5. The summed E-state index contributed by atoms with van der Waals surface area (Å²) in [4.78, 5) is 26.4. The second-order valence-corrected chi connectivity index (χ2v) is 7.89. The number of para-hydroxylation sites is 1. The molecule has 2 heterocycles. The average molecular weight is 394 g/mol. The first-order valence-corrected chi connectivity index (χ1v) is 9.98. The molecule has 0 spiro atoms. The number of likely N-dealkylation sites (tertiary alicyclic amines) is 1. The Morgan fingerprint density at radius 3 is 2.72 bits per heavy atom. The lowest BCUT2D eigenvalue weighted by molar-refractivity contribution is -0.120. The van der Waals surface area contributed by atoms with Gasteiger partial charge in [-0.25, -0.2) is 0 Å². The predicted molar refractivity (Wildman–Crippen MR) is 109 cm³/mol. The van der Waals surface area contributed by atoms with Crippen molar-refractivity contribution in [2.24, 2.45) is 5.92 Å². The molecule has 2 aromatic rings. The molecule has 2 aliphatic heterocycles. The van der Waals surface area contributed by atoms with Crippen LogP contribution in [0.3, 0.4) is 0 Å². The molecule has 0 aromatic heterocycles. The fraction of sp³-hybridized carbons (Fsp3) is 0.391. The van der Waals surface area contributed by atoms with Gasteiger partial charge in [-0.3, -0.25) is 9.59 Å². The van der Waals surface area contributed by atoms with Gasteiger partial charge in [0.2, 0.25) is 5.91 Å². The van der Waals surface area contributed by atoms with Gasteiger partial charge < -0.3 is 19.7 Å². The summed E-state index contributed by atoms with van der Waals surface area (Å²) in [6.07, 6.45) is 0.909. The maximum Gasteiger partial charge on any atom is 0.254 e. The Bertz CT molecular complexity index is 914. The van der Waals surface area contributed by atoms with Crippen molar-refractivity contribution in [3.05, 3.63) is 59.7 Å². The van der Waals surface area contributed by atoms with Gasteiger partial charge in [0, 0.05) is 38.1 Å². The summed E-state index contributed by atoms with van der Waals surface area (Å²) in [5.41, 5.74) is 1.07. The van der Waals surface area contributed by atoms with E-state index in [1.165, 1.54) is 6.92 Å². The molecule has 2 amide bonds. The molecule has 6 nitrogen and oxygen atoms in total. The molecule has 152 valence electrons. The Balaban J connectivity index is 1.48. The smallest absolute Gasteiger partial charge is 0.254 e. The zero-order valence-electron chi connectivity index (χ0n) is 16.8. The highest BCUT2D eigenvalue weighted by Crippen LogP contribution is 2.39. The Hall–Kier alpha value is -2.86. The van der Waals surface area contributed by atoms with Crippen molar-refractivity contribution in [2.45, 2.75) is 25.9 Å². The van der Waals surface area contributed by atoms with Crippen LogP contribution in [0.15, 0.2) is 48.5 Å². The number of ether oxygens (including phenoxy) is 2. The van der Waals surface area contributed by atoms with Crippen molar-refractivity contribution in [1.29, 1.82) is 0 Å². The molecule has 1 N–H and O–H groups in total. The van der Waals surface area contributed by atoms with Crippen LogP contribution in [0.25, 0.3) is 0 Å². The van der Waals surface area contributed by atoms with Crippen molar-refractivity contribution in [1.82, 2.24) is 10.2 Å². The number of amides is 2. The van der Waals surface area contributed by atoms with Crippen molar-refractivity contribution < 1.29 is 19.1 Å². The minimum atomic E-state index is -0.467. The van der Waals surface area contributed by atoms with Crippen LogP contribution in [0.2, 0.25) is 0 Å². The maximum atomic E-state index is 13.2. The molecule has 2 saturated heterocycles. The van der Waals surface area contributed by atoms with Gasteiger partial charge in [0.25, 0.3) is 5.91 Å². The first-order valence-electron chi connectivity index (χ1n) is 9.98. The summed E-state index contributed by atoms with van der Waals surface area (Å²) in [6, 6.07) is 15.1. The molecule has 6 heteroatoms. The van der Waals surface area contributed by atoms with Crippen LogP contribution < -0.4 is 10.1 Å². The van der Waals surface area contributed by atoms with Gasteiger partial charge in [-0.15, -0.1) is 0 Å². The number of aryl methyl sites for hydroxylation is 1. The van der Waals surface area contributed by atoms with E-state index < -0.39 is 5.60 Å².